The molecule has 1 rings (SSSR count). The number of hydrogen-bond donors (Lipinski definition) is 4. The smallest absolute Gasteiger partial charge is 0.251 e. The molecule has 0 aliphatic carbocycles. The third-order valence-corrected chi connectivity index (χ3v) is 3.55. The Morgan fingerprint density at radius 2 is 1.92 bits per heavy atom. The monoisotopic (exact) mass is 478 g/mol. The fraction of sp³-hybridized carbons (Fsp3) is 0.556. The van der Waals surface area contributed by atoms with E-state index in [-0.39, 0.29) is 41.2 Å². The van der Waals surface area contributed by atoms with E-state index in [4.69, 9.17) is 4.74 Å². The van der Waals surface area contributed by atoms with Crippen molar-refractivity contribution in [3.05, 3.63) is 29.8 Å². The van der Waals surface area contributed by atoms with Crippen LogP contribution in [0.4, 0.5) is 0 Å². The lowest BCUT2D eigenvalue weighted by Gasteiger charge is -2.21. The van der Waals surface area contributed by atoms with Crippen LogP contribution in [0.2, 0.25) is 0 Å². The number of methoxy groups -OCH3 is 1. The SMILES string of the molecule is CCNC(=NCC(C)(C)OC)NCCCNC(=O)c1cccc(O)c1.I. The molecule has 26 heavy (non-hydrogen) atoms. The third kappa shape index (κ3) is 9.81. The molecule has 1 amide bonds. The summed E-state index contributed by atoms with van der Waals surface area (Å²) in [5.74, 6) is 0.616. The van der Waals surface area contributed by atoms with E-state index in [2.05, 4.69) is 20.9 Å². The first-order valence-corrected chi connectivity index (χ1v) is 8.52. The minimum Gasteiger partial charge on any atom is -0.508 e. The molecule has 0 fully saturated rings. The fourth-order valence-corrected chi connectivity index (χ4v) is 1.92. The highest BCUT2D eigenvalue weighted by molar-refractivity contribution is 14.0. The Balaban J connectivity index is 0.00000625. The Hall–Kier alpha value is -1.55. The van der Waals surface area contributed by atoms with Gasteiger partial charge in [-0.1, -0.05) is 6.07 Å². The number of aliphatic imine (C=N–C) groups is 1. The van der Waals surface area contributed by atoms with E-state index in [1.165, 1.54) is 12.1 Å². The van der Waals surface area contributed by atoms with E-state index < -0.39 is 0 Å². The number of phenolic OH excluding ortho intramolecular Hbond substituents is 1. The van der Waals surface area contributed by atoms with Gasteiger partial charge in [0.25, 0.3) is 5.91 Å². The molecule has 0 aliphatic heterocycles. The van der Waals surface area contributed by atoms with E-state index in [9.17, 15) is 9.90 Å². The van der Waals surface area contributed by atoms with Crippen LogP contribution in [0.15, 0.2) is 29.3 Å². The van der Waals surface area contributed by atoms with Gasteiger partial charge in [-0.05, 0) is 45.4 Å². The zero-order valence-electron chi connectivity index (χ0n) is 16.0. The van der Waals surface area contributed by atoms with Crippen molar-refractivity contribution in [2.24, 2.45) is 4.99 Å². The number of nitrogens with one attached hydrogen (secondary N) is 3. The molecule has 8 heteroatoms. The molecule has 0 spiro atoms. The van der Waals surface area contributed by atoms with Crippen LogP contribution in [0.5, 0.6) is 5.75 Å². The van der Waals surface area contributed by atoms with Crippen LogP contribution in [0.3, 0.4) is 0 Å². The van der Waals surface area contributed by atoms with Gasteiger partial charge in [-0.2, -0.15) is 0 Å². The van der Waals surface area contributed by atoms with E-state index >= 15 is 0 Å². The van der Waals surface area contributed by atoms with E-state index in [0.29, 0.717) is 25.2 Å². The molecule has 0 heterocycles. The van der Waals surface area contributed by atoms with Gasteiger partial charge < -0.3 is 25.8 Å². The van der Waals surface area contributed by atoms with Gasteiger partial charge in [0.1, 0.15) is 5.75 Å². The number of rotatable bonds is 9. The van der Waals surface area contributed by atoms with Gasteiger partial charge in [0.15, 0.2) is 5.96 Å². The molecule has 0 aliphatic rings. The van der Waals surface area contributed by atoms with Crippen molar-refractivity contribution in [1.82, 2.24) is 16.0 Å². The van der Waals surface area contributed by atoms with Crippen LogP contribution in [-0.4, -0.2) is 55.9 Å². The van der Waals surface area contributed by atoms with Gasteiger partial charge in [0.05, 0.1) is 12.1 Å². The van der Waals surface area contributed by atoms with Gasteiger partial charge in [-0.15, -0.1) is 24.0 Å². The lowest BCUT2D eigenvalue weighted by molar-refractivity contribution is 0.0310. The second-order valence-electron chi connectivity index (χ2n) is 6.25. The number of aromatic hydroxyl groups is 1. The first kappa shape index (κ1) is 24.5. The Morgan fingerprint density at radius 1 is 1.23 bits per heavy atom. The van der Waals surface area contributed by atoms with E-state index in [0.717, 1.165) is 18.9 Å². The highest BCUT2D eigenvalue weighted by atomic mass is 127. The van der Waals surface area contributed by atoms with Crippen molar-refractivity contribution in [2.45, 2.75) is 32.8 Å². The van der Waals surface area contributed by atoms with Gasteiger partial charge >= 0.3 is 0 Å². The second-order valence-corrected chi connectivity index (χ2v) is 6.25. The number of phenols is 1. The Labute approximate surface area is 173 Å². The van der Waals surface area contributed by atoms with Crippen LogP contribution >= 0.6 is 24.0 Å². The minimum absolute atomic E-state index is 0. The predicted octanol–water partition coefficient (Wildman–Crippen LogP) is 2.11. The normalized spacial score (nSPS) is 11.5. The number of carbonyl (C=O) groups excluding carboxylic acids is 1. The topological polar surface area (TPSA) is 95.0 Å². The maximum atomic E-state index is 11.9. The van der Waals surface area contributed by atoms with Crippen molar-refractivity contribution >= 4 is 35.8 Å². The maximum Gasteiger partial charge on any atom is 0.251 e. The number of nitrogens with zero attached hydrogens (tertiary/aromatic N) is 1. The summed E-state index contributed by atoms with van der Waals surface area (Å²) in [6.45, 7) is 8.51. The summed E-state index contributed by atoms with van der Waals surface area (Å²) < 4.78 is 5.36. The molecule has 0 atom stereocenters. The average molecular weight is 478 g/mol. The molecule has 0 saturated carbocycles. The van der Waals surface area contributed by atoms with Crippen LogP contribution in [0.25, 0.3) is 0 Å². The summed E-state index contributed by atoms with van der Waals surface area (Å²) in [5.41, 5.74) is 0.141. The second kappa shape index (κ2) is 12.7. The molecule has 148 valence electrons. The van der Waals surface area contributed by atoms with Gasteiger partial charge in [0.2, 0.25) is 0 Å². The molecule has 0 saturated heterocycles. The van der Waals surface area contributed by atoms with Crippen molar-refractivity contribution in [3.8, 4) is 5.75 Å². The lowest BCUT2D eigenvalue weighted by Crippen LogP contribution is -2.40. The van der Waals surface area contributed by atoms with E-state index in [1.807, 2.05) is 20.8 Å². The van der Waals surface area contributed by atoms with Crippen LogP contribution in [0, 0.1) is 0 Å². The molecule has 4 N–H and O–H groups in total. The zero-order chi connectivity index (χ0) is 18.7. The fourth-order valence-electron chi connectivity index (χ4n) is 1.92. The molecular formula is C18H31IN4O3. The molecule has 0 radical (unpaired) electrons. The standard InChI is InChI=1S/C18H30N4O3.HI/c1-5-19-17(22-13-18(2,3)25-4)21-11-7-10-20-16(24)14-8-6-9-15(23)12-14;/h6,8-9,12,23H,5,7,10-11,13H2,1-4H3,(H,20,24)(H2,19,21,22);1H. The minimum atomic E-state index is -0.308. The lowest BCUT2D eigenvalue weighted by atomic mass is 10.1. The molecule has 0 unspecified atom stereocenters. The molecule has 1 aromatic carbocycles. The summed E-state index contributed by atoms with van der Waals surface area (Å²) in [6, 6.07) is 6.29. The summed E-state index contributed by atoms with van der Waals surface area (Å²) in [4.78, 5) is 16.5. The van der Waals surface area contributed by atoms with Gasteiger partial charge in [0, 0.05) is 32.3 Å². The molecule has 1 aromatic rings. The molecular weight excluding hydrogens is 447 g/mol. The highest BCUT2D eigenvalue weighted by Gasteiger charge is 2.15. The Bertz CT molecular complexity index is 579. The highest BCUT2D eigenvalue weighted by Crippen LogP contribution is 2.10. The van der Waals surface area contributed by atoms with Gasteiger partial charge in [-0.25, -0.2) is 0 Å². The van der Waals surface area contributed by atoms with Crippen molar-refractivity contribution in [2.75, 3.05) is 33.3 Å². The summed E-state index contributed by atoms with van der Waals surface area (Å²) >= 11 is 0. The first-order chi connectivity index (χ1) is 11.9. The number of ether oxygens (including phenoxy) is 1. The Kier molecular flexibility index (Phi) is 12.0. The predicted molar refractivity (Wildman–Crippen MR) is 116 cm³/mol. The number of amides is 1. The number of guanidine groups is 1. The summed E-state index contributed by atoms with van der Waals surface area (Å²) in [6.07, 6.45) is 0.753. The van der Waals surface area contributed by atoms with Crippen LogP contribution < -0.4 is 16.0 Å². The Morgan fingerprint density at radius 3 is 2.54 bits per heavy atom. The van der Waals surface area contributed by atoms with Gasteiger partial charge in [-0.3, -0.25) is 9.79 Å². The average Bonchev–Trinajstić information content (AvgIpc) is 2.59. The first-order valence-electron chi connectivity index (χ1n) is 8.52. The van der Waals surface area contributed by atoms with Crippen molar-refractivity contribution in [3.63, 3.8) is 0 Å². The summed E-state index contributed by atoms with van der Waals surface area (Å²) in [7, 11) is 1.67. The van der Waals surface area contributed by atoms with Crippen molar-refractivity contribution < 1.29 is 14.6 Å². The number of hydrogen-bond acceptors (Lipinski definition) is 4. The largest absolute Gasteiger partial charge is 0.508 e. The quantitative estimate of drug-likeness (QED) is 0.189. The zero-order valence-corrected chi connectivity index (χ0v) is 18.3. The van der Waals surface area contributed by atoms with Crippen molar-refractivity contribution in [1.29, 1.82) is 0 Å². The van der Waals surface area contributed by atoms with E-state index in [1.54, 1.807) is 19.2 Å². The number of benzene rings is 1. The molecule has 0 aromatic heterocycles. The maximum absolute atomic E-state index is 11.9. The summed E-state index contributed by atoms with van der Waals surface area (Å²) in [5, 5.41) is 18.6. The number of halogens is 1. The van der Waals surface area contributed by atoms with Crippen LogP contribution in [-0.2, 0) is 4.74 Å². The third-order valence-electron chi connectivity index (χ3n) is 3.55. The number of carbonyl (C=O) groups is 1. The molecule has 0 bridgehead atoms. The van der Waals surface area contributed by atoms with Crippen LogP contribution in [0.1, 0.15) is 37.6 Å². The molecule has 7 nitrogen and oxygen atoms in total.